The number of halogens is 1. The zero-order valence-electron chi connectivity index (χ0n) is 13.9. The molecule has 0 aliphatic heterocycles. The molecule has 0 aromatic heterocycles. The lowest BCUT2D eigenvalue weighted by molar-refractivity contribution is -0.120. The van der Waals surface area contributed by atoms with E-state index in [1.807, 2.05) is 0 Å². The van der Waals surface area contributed by atoms with Gasteiger partial charge in [-0.25, -0.2) is 10.2 Å². The number of nitrogens with one attached hydrogen (secondary N) is 2. The van der Waals surface area contributed by atoms with Crippen LogP contribution in [-0.2, 0) is 9.53 Å². The van der Waals surface area contributed by atoms with Gasteiger partial charge in [0.05, 0.1) is 25.4 Å². The van der Waals surface area contributed by atoms with E-state index in [2.05, 4.69) is 36.5 Å². The molecule has 0 saturated carbocycles. The van der Waals surface area contributed by atoms with Crippen molar-refractivity contribution < 1.29 is 19.1 Å². The van der Waals surface area contributed by atoms with Gasteiger partial charge in [0.1, 0.15) is 0 Å². The molecule has 0 fully saturated rings. The largest absolute Gasteiger partial charge is 0.465 e. The van der Waals surface area contributed by atoms with Crippen LogP contribution >= 0.6 is 15.9 Å². The molecule has 2 amide bonds. The van der Waals surface area contributed by atoms with Gasteiger partial charge in [-0.1, -0.05) is 34.1 Å². The number of ether oxygens (including phenoxy) is 1. The third kappa shape index (κ3) is 5.82. The number of amides is 2. The maximum atomic E-state index is 11.9. The van der Waals surface area contributed by atoms with Crippen molar-refractivity contribution in [1.29, 1.82) is 0 Å². The van der Waals surface area contributed by atoms with Crippen LogP contribution in [0.1, 0.15) is 26.3 Å². The zero-order valence-corrected chi connectivity index (χ0v) is 15.4. The Hall–Kier alpha value is -3.00. The summed E-state index contributed by atoms with van der Waals surface area (Å²) in [7, 11) is 1.31. The zero-order chi connectivity index (χ0) is 18.9. The number of rotatable bonds is 6. The molecule has 0 saturated heterocycles. The monoisotopic (exact) mass is 417 g/mol. The topological polar surface area (TPSA) is 96.9 Å². The number of benzene rings is 2. The van der Waals surface area contributed by atoms with Crippen LogP contribution in [-0.4, -0.2) is 37.7 Å². The molecule has 26 heavy (non-hydrogen) atoms. The van der Waals surface area contributed by atoms with E-state index in [0.717, 1.165) is 4.47 Å². The molecule has 2 N–H and O–H groups in total. The molecule has 8 heteroatoms. The minimum Gasteiger partial charge on any atom is -0.465 e. The minimum absolute atomic E-state index is 0.204. The predicted molar refractivity (Wildman–Crippen MR) is 100.0 cm³/mol. The average molecular weight is 418 g/mol. The highest BCUT2D eigenvalue weighted by molar-refractivity contribution is 9.10. The number of carbonyl (C=O) groups excluding carboxylic acids is 3. The standard InChI is InChI=1S/C18H16BrN3O4/c1-26-18(25)13-7-5-12(6-8-13)10-21-22-16(23)11-20-17(24)14-3-2-4-15(19)9-14/h2-10H,11H2,1H3,(H,20,24)(H,22,23)/b21-10+. The lowest BCUT2D eigenvalue weighted by Gasteiger charge is -2.04. The molecule has 0 aliphatic carbocycles. The smallest absolute Gasteiger partial charge is 0.337 e. The van der Waals surface area contributed by atoms with Crippen molar-refractivity contribution in [2.75, 3.05) is 13.7 Å². The molecule has 134 valence electrons. The Kier molecular flexibility index (Phi) is 7.04. The second-order valence-electron chi connectivity index (χ2n) is 5.10. The molecule has 0 heterocycles. The lowest BCUT2D eigenvalue weighted by Crippen LogP contribution is -2.34. The molecule has 2 aromatic carbocycles. The van der Waals surface area contributed by atoms with Crippen LogP contribution in [0.2, 0.25) is 0 Å². The van der Waals surface area contributed by atoms with E-state index < -0.39 is 11.9 Å². The summed E-state index contributed by atoms with van der Waals surface area (Å²) in [5.41, 5.74) is 3.87. The molecule has 2 rings (SSSR count). The molecule has 0 radical (unpaired) electrons. The SMILES string of the molecule is COC(=O)c1ccc(/C=N/NC(=O)CNC(=O)c2cccc(Br)c2)cc1. The fourth-order valence-electron chi connectivity index (χ4n) is 1.93. The first-order chi connectivity index (χ1) is 12.5. The molecule has 0 unspecified atom stereocenters. The van der Waals surface area contributed by atoms with Crippen LogP contribution in [0.3, 0.4) is 0 Å². The van der Waals surface area contributed by atoms with Gasteiger partial charge in [0.15, 0.2) is 0 Å². The van der Waals surface area contributed by atoms with Crippen molar-refractivity contribution in [2.45, 2.75) is 0 Å². The van der Waals surface area contributed by atoms with Crippen molar-refractivity contribution in [1.82, 2.24) is 10.7 Å². The van der Waals surface area contributed by atoms with Crippen LogP contribution in [0.4, 0.5) is 0 Å². The van der Waals surface area contributed by atoms with E-state index in [1.54, 1.807) is 48.5 Å². The first-order valence-corrected chi connectivity index (χ1v) is 8.33. The Balaban J connectivity index is 1.80. The van der Waals surface area contributed by atoms with Gasteiger partial charge >= 0.3 is 5.97 Å². The van der Waals surface area contributed by atoms with Gasteiger partial charge in [-0.05, 0) is 35.9 Å². The number of hydrazone groups is 1. The van der Waals surface area contributed by atoms with Crippen molar-refractivity contribution in [2.24, 2.45) is 5.10 Å². The fraction of sp³-hybridized carbons (Fsp3) is 0.111. The molecular formula is C18H16BrN3O4. The summed E-state index contributed by atoms with van der Waals surface area (Å²) in [4.78, 5) is 35.0. The third-order valence-electron chi connectivity index (χ3n) is 3.23. The van der Waals surface area contributed by atoms with Crippen LogP contribution in [0.5, 0.6) is 0 Å². The van der Waals surface area contributed by atoms with E-state index in [1.165, 1.54) is 13.3 Å². The van der Waals surface area contributed by atoms with Gasteiger partial charge in [0.2, 0.25) is 0 Å². The van der Waals surface area contributed by atoms with E-state index >= 15 is 0 Å². The highest BCUT2D eigenvalue weighted by Gasteiger charge is 2.08. The Morgan fingerprint density at radius 1 is 1.12 bits per heavy atom. The quantitative estimate of drug-likeness (QED) is 0.427. The van der Waals surface area contributed by atoms with Gasteiger partial charge in [-0.15, -0.1) is 0 Å². The maximum absolute atomic E-state index is 11.9. The van der Waals surface area contributed by atoms with Crippen LogP contribution < -0.4 is 10.7 Å². The number of hydrogen-bond donors (Lipinski definition) is 2. The summed E-state index contributed by atoms with van der Waals surface area (Å²) < 4.78 is 5.38. The number of methoxy groups -OCH3 is 1. The lowest BCUT2D eigenvalue weighted by atomic mass is 10.1. The van der Waals surface area contributed by atoms with Crippen molar-refractivity contribution in [3.63, 3.8) is 0 Å². The maximum Gasteiger partial charge on any atom is 0.337 e. The van der Waals surface area contributed by atoms with E-state index in [4.69, 9.17) is 0 Å². The fourth-order valence-corrected chi connectivity index (χ4v) is 2.33. The number of hydrogen-bond acceptors (Lipinski definition) is 5. The van der Waals surface area contributed by atoms with Gasteiger partial charge < -0.3 is 10.1 Å². The summed E-state index contributed by atoms with van der Waals surface area (Å²) in [6.07, 6.45) is 1.43. The summed E-state index contributed by atoms with van der Waals surface area (Å²) >= 11 is 3.28. The van der Waals surface area contributed by atoms with E-state index in [9.17, 15) is 14.4 Å². The van der Waals surface area contributed by atoms with Gasteiger partial charge in [0.25, 0.3) is 11.8 Å². The molecule has 7 nitrogen and oxygen atoms in total. The number of esters is 1. The predicted octanol–water partition coefficient (Wildman–Crippen LogP) is 2.12. The van der Waals surface area contributed by atoms with Crippen molar-refractivity contribution >= 4 is 39.9 Å². The molecule has 0 spiro atoms. The van der Waals surface area contributed by atoms with Gasteiger partial charge in [-0.3, -0.25) is 9.59 Å². The number of carbonyl (C=O) groups is 3. The van der Waals surface area contributed by atoms with Gasteiger partial charge in [-0.2, -0.15) is 5.10 Å². The molecule has 0 aliphatic rings. The summed E-state index contributed by atoms with van der Waals surface area (Å²) in [5.74, 6) is -1.25. The third-order valence-corrected chi connectivity index (χ3v) is 3.72. The molecule has 2 aromatic rings. The summed E-state index contributed by atoms with van der Waals surface area (Å²) in [6.45, 7) is -0.204. The highest BCUT2D eigenvalue weighted by Crippen LogP contribution is 2.11. The Morgan fingerprint density at radius 3 is 2.50 bits per heavy atom. The average Bonchev–Trinajstić information content (AvgIpc) is 2.66. The summed E-state index contributed by atoms with van der Waals surface area (Å²) in [6, 6.07) is 13.3. The molecule has 0 atom stereocenters. The normalized spacial score (nSPS) is 10.4. The first kappa shape index (κ1) is 19.3. The minimum atomic E-state index is -0.462. The van der Waals surface area contributed by atoms with Crippen LogP contribution in [0.25, 0.3) is 0 Å². The van der Waals surface area contributed by atoms with Crippen molar-refractivity contribution in [3.8, 4) is 0 Å². The Morgan fingerprint density at radius 2 is 1.85 bits per heavy atom. The second kappa shape index (κ2) is 9.47. The highest BCUT2D eigenvalue weighted by atomic mass is 79.9. The number of nitrogens with zero attached hydrogens (tertiary/aromatic N) is 1. The van der Waals surface area contributed by atoms with Crippen LogP contribution in [0.15, 0.2) is 58.1 Å². The van der Waals surface area contributed by atoms with Gasteiger partial charge in [0, 0.05) is 10.0 Å². The summed E-state index contributed by atoms with van der Waals surface area (Å²) in [5, 5.41) is 6.31. The molecule has 0 bridgehead atoms. The van der Waals surface area contributed by atoms with Crippen molar-refractivity contribution in [3.05, 3.63) is 69.7 Å². The molecular weight excluding hydrogens is 402 g/mol. The van der Waals surface area contributed by atoms with E-state index in [-0.39, 0.29) is 12.5 Å². The first-order valence-electron chi connectivity index (χ1n) is 7.53. The Bertz CT molecular complexity index is 835. The van der Waals surface area contributed by atoms with Crippen LogP contribution in [0, 0.1) is 0 Å². The second-order valence-corrected chi connectivity index (χ2v) is 6.02. The van der Waals surface area contributed by atoms with E-state index in [0.29, 0.717) is 16.7 Å². The Labute approximate surface area is 158 Å².